The molecule has 5 aliphatic heterocycles. The predicted molar refractivity (Wildman–Crippen MR) is 291 cm³/mol. The molecule has 0 unspecified atom stereocenters. The zero-order chi connectivity index (χ0) is 58.0. The number of carboxylic acids is 2. The number of rotatable bonds is 8. The van der Waals surface area contributed by atoms with Crippen LogP contribution in [0.2, 0.25) is 10.0 Å². The lowest BCUT2D eigenvalue weighted by Crippen LogP contribution is -2.48. The molecule has 27 heteroatoms. The summed E-state index contributed by atoms with van der Waals surface area (Å²) in [7, 11) is 4.00. The molecule has 81 heavy (non-hydrogen) atoms. The molecule has 4 N–H and O–H groups in total. The molecule has 0 radical (unpaired) electrons. The van der Waals surface area contributed by atoms with Crippen LogP contribution in [0.25, 0.3) is 0 Å². The SMILES string of the molecule is C1CCOC1.CN1CCN(C(=O)O[C@H]2c3nccnc3C(=O)N2c2ccc(Cl)cn2)CC1.CN1CCN(C(=O)O[C@H]2c3nccnc3C(=O)N2c2ccc(Cl)cn2)CC1.O=C(O)[C@H](O)c1ccccc1.O=C(O)[C@H](O)c1ccccc1. The Labute approximate surface area is 474 Å². The lowest BCUT2D eigenvalue weighted by atomic mass is 10.1. The van der Waals surface area contributed by atoms with Gasteiger partial charge in [-0.2, -0.15) is 0 Å². The molecule has 5 aliphatic rings. The van der Waals surface area contributed by atoms with Crippen molar-refractivity contribution in [3.05, 3.63) is 166 Å². The second-order valence-corrected chi connectivity index (χ2v) is 19.1. The monoisotopic (exact) mass is 1150 g/mol. The normalized spacial score (nSPS) is 18.1. The summed E-state index contributed by atoms with van der Waals surface area (Å²) in [5, 5.41) is 35.6. The van der Waals surface area contributed by atoms with Gasteiger partial charge in [0.25, 0.3) is 11.8 Å². The minimum Gasteiger partial charge on any atom is -0.479 e. The van der Waals surface area contributed by atoms with Gasteiger partial charge < -0.3 is 54.2 Å². The first-order valence-electron chi connectivity index (χ1n) is 25.3. The fraction of sp³-hybridized carbons (Fsp3) is 0.333. The van der Waals surface area contributed by atoms with Gasteiger partial charge in [-0.15, -0.1) is 0 Å². The molecule has 426 valence electrons. The van der Waals surface area contributed by atoms with E-state index in [1.807, 2.05) is 14.1 Å². The third kappa shape index (κ3) is 16.2. The van der Waals surface area contributed by atoms with Crippen molar-refractivity contribution in [1.29, 1.82) is 0 Å². The molecule has 3 saturated heterocycles. The maximum absolute atomic E-state index is 12.8. The van der Waals surface area contributed by atoms with Crippen molar-refractivity contribution >= 4 is 70.8 Å². The van der Waals surface area contributed by atoms with Gasteiger partial charge in [0.2, 0.25) is 12.5 Å². The van der Waals surface area contributed by atoms with Crippen molar-refractivity contribution in [2.24, 2.45) is 0 Å². The molecule has 4 aromatic heterocycles. The Bertz CT molecular complexity index is 2860. The minimum absolute atomic E-state index is 0.144. The lowest BCUT2D eigenvalue weighted by molar-refractivity contribution is -0.147. The number of aromatic nitrogens is 6. The number of aliphatic hydroxyl groups is 2. The predicted octanol–water partition coefficient (Wildman–Crippen LogP) is 5.54. The van der Waals surface area contributed by atoms with Crippen LogP contribution in [0.4, 0.5) is 21.2 Å². The second-order valence-electron chi connectivity index (χ2n) is 18.3. The molecule has 0 bridgehead atoms. The standard InChI is InChI=1S/2C17H17ClN6O3.2C8H8O3.C4H8O/c2*1-22-6-8-23(9-7-22)17(26)27-16-14-13(19-4-5-20-14)15(25)24(16)12-3-2-11(18)10-21-12;2*9-7(8(10)11)6-4-2-1-3-5-6;1-2-4-5-3-1/h2*2-5,10,16H,6-9H2,1H3;2*1-5,7,9H,(H,10,11);1-4H2/t2*16-;2*7-;/m0011./s1. The number of anilines is 2. The van der Waals surface area contributed by atoms with Gasteiger partial charge in [0, 0.05) is 103 Å². The van der Waals surface area contributed by atoms with E-state index in [2.05, 4.69) is 39.7 Å². The number of hydrogen-bond donors (Lipinski definition) is 4. The van der Waals surface area contributed by atoms with E-state index < -0.39 is 60.6 Å². The van der Waals surface area contributed by atoms with Gasteiger partial charge in [0.05, 0.1) is 10.0 Å². The molecule has 25 nitrogen and oxygen atoms in total. The number of ether oxygens (including phenoxy) is 3. The van der Waals surface area contributed by atoms with Crippen molar-refractivity contribution in [1.82, 2.24) is 49.5 Å². The number of hydrogen-bond acceptors (Lipinski definition) is 19. The van der Waals surface area contributed by atoms with Crippen LogP contribution in [0.5, 0.6) is 0 Å². The van der Waals surface area contributed by atoms with Crippen molar-refractivity contribution in [3.63, 3.8) is 0 Å². The van der Waals surface area contributed by atoms with Gasteiger partial charge >= 0.3 is 24.1 Å². The number of pyridine rings is 2. The summed E-state index contributed by atoms with van der Waals surface area (Å²) < 4.78 is 16.3. The molecule has 0 spiro atoms. The molecule has 3 fully saturated rings. The summed E-state index contributed by atoms with van der Waals surface area (Å²) in [4.78, 5) is 107. The first kappa shape index (κ1) is 60.3. The summed E-state index contributed by atoms with van der Waals surface area (Å²) in [6.07, 6.45) is 5.31. The van der Waals surface area contributed by atoms with Crippen LogP contribution in [0.15, 0.2) is 122 Å². The number of nitrogens with zero attached hydrogens (tertiary/aromatic N) is 12. The van der Waals surface area contributed by atoms with Crippen molar-refractivity contribution in [3.8, 4) is 0 Å². The van der Waals surface area contributed by atoms with E-state index in [-0.39, 0.29) is 11.4 Å². The maximum Gasteiger partial charge on any atom is 0.412 e. The number of benzene rings is 2. The van der Waals surface area contributed by atoms with E-state index in [0.717, 1.165) is 39.4 Å². The quantitative estimate of drug-likeness (QED) is 0.145. The average Bonchev–Trinajstić information content (AvgIpc) is 4.42. The molecule has 4 atom stereocenters. The molecule has 0 aliphatic carbocycles. The fourth-order valence-electron chi connectivity index (χ4n) is 8.14. The van der Waals surface area contributed by atoms with Crippen LogP contribution in [0.3, 0.4) is 0 Å². The molecule has 2 aromatic carbocycles. The number of aliphatic hydroxyl groups excluding tert-OH is 2. The van der Waals surface area contributed by atoms with Gasteiger partial charge in [-0.1, -0.05) is 83.9 Å². The number of carbonyl (C=O) groups excluding carboxylic acids is 4. The number of halogens is 2. The Kier molecular flexibility index (Phi) is 21.8. The Balaban J connectivity index is 0.000000162. The van der Waals surface area contributed by atoms with E-state index in [4.69, 9.17) is 57.8 Å². The average molecular weight is 1150 g/mol. The summed E-state index contributed by atoms with van der Waals surface area (Å²) in [5.74, 6) is -2.69. The molecule has 11 rings (SSSR count). The van der Waals surface area contributed by atoms with Crippen LogP contribution >= 0.6 is 23.2 Å². The Morgan fingerprint density at radius 1 is 0.531 bits per heavy atom. The smallest absolute Gasteiger partial charge is 0.412 e. The molecule has 4 amide bonds. The Morgan fingerprint density at radius 2 is 0.889 bits per heavy atom. The van der Waals surface area contributed by atoms with E-state index in [1.54, 1.807) is 94.7 Å². The first-order valence-corrected chi connectivity index (χ1v) is 26.1. The van der Waals surface area contributed by atoms with Crippen LogP contribution in [0, 0.1) is 0 Å². The van der Waals surface area contributed by atoms with Crippen LogP contribution in [-0.2, 0) is 23.8 Å². The summed E-state index contributed by atoms with van der Waals surface area (Å²) >= 11 is 11.8. The number of likely N-dealkylation sites (N-methyl/N-ethyl adjacent to an activating group) is 2. The first-order chi connectivity index (χ1) is 39.0. The van der Waals surface area contributed by atoms with Gasteiger partial charge in [0.1, 0.15) is 23.0 Å². The maximum atomic E-state index is 12.8. The third-order valence-electron chi connectivity index (χ3n) is 12.6. The highest BCUT2D eigenvalue weighted by Gasteiger charge is 2.46. The molecule has 6 aromatic rings. The van der Waals surface area contributed by atoms with E-state index in [0.29, 0.717) is 70.4 Å². The number of fused-ring (bicyclic) bond motifs is 2. The molecule has 0 saturated carbocycles. The molecular weight excluding hydrogens is 1100 g/mol. The van der Waals surface area contributed by atoms with Crippen molar-refractivity contribution in [2.45, 2.75) is 37.5 Å². The summed E-state index contributed by atoms with van der Waals surface area (Å²) in [5.41, 5.74) is 1.68. The number of carbonyl (C=O) groups is 6. The van der Waals surface area contributed by atoms with Crippen LogP contribution in [-0.4, -0.2) is 186 Å². The molecular formula is C54H58Cl2N12O13. The highest BCUT2D eigenvalue weighted by atomic mass is 35.5. The number of carboxylic acid groups (broad SMARTS) is 2. The van der Waals surface area contributed by atoms with Gasteiger partial charge in [-0.25, -0.2) is 48.9 Å². The largest absolute Gasteiger partial charge is 0.479 e. The minimum atomic E-state index is -1.41. The summed E-state index contributed by atoms with van der Waals surface area (Å²) in [6, 6.07) is 22.9. The number of aliphatic carboxylic acids is 2. The molecule has 9 heterocycles. The van der Waals surface area contributed by atoms with Gasteiger partial charge in [0.15, 0.2) is 23.6 Å². The number of piperazine rings is 2. The van der Waals surface area contributed by atoms with Crippen LogP contribution < -0.4 is 9.80 Å². The highest BCUT2D eigenvalue weighted by molar-refractivity contribution is 6.30. The summed E-state index contributed by atoms with van der Waals surface area (Å²) in [6.45, 7) is 7.28. The van der Waals surface area contributed by atoms with Crippen molar-refractivity contribution in [2.75, 3.05) is 89.5 Å². The van der Waals surface area contributed by atoms with E-state index >= 15 is 0 Å². The lowest BCUT2D eigenvalue weighted by Gasteiger charge is -2.33. The van der Waals surface area contributed by atoms with Gasteiger partial charge in [-0.05, 0) is 62.3 Å². The van der Waals surface area contributed by atoms with Crippen molar-refractivity contribution < 1.29 is 63.4 Å². The van der Waals surface area contributed by atoms with E-state index in [1.165, 1.54) is 59.8 Å². The zero-order valence-corrected chi connectivity index (χ0v) is 45.4. The topological polar surface area (TPSA) is 308 Å². The van der Waals surface area contributed by atoms with Gasteiger partial charge in [-0.3, -0.25) is 19.6 Å². The number of amides is 4. The second kappa shape index (κ2) is 29.2. The van der Waals surface area contributed by atoms with E-state index in [9.17, 15) is 28.8 Å². The highest BCUT2D eigenvalue weighted by Crippen LogP contribution is 2.37. The third-order valence-corrected chi connectivity index (χ3v) is 13.1. The Morgan fingerprint density at radius 3 is 1.20 bits per heavy atom. The Hall–Kier alpha value is -8.30. The zero-order valence-electron chi connectivity index (χ0n) is 43.9. The fourth-order valence-corrected chi connectivity index (χ4v) is 8.37. The van der Waals surface area contributed by atoms with Crippen LogP contribution in [0.1, 0.15) is 81.0 Å².